The number of carbonyl (C=O) groups excluding carboxylic acids is 3. The van der Waals surface area contributed by atoms with Gasteiger partial charge in [-0.3, -0.25) is 4.79 Å². The van der Waals surface area contributed by atoms with Crippen molar-refractivity contribution < 1.29 is 14.4 Å². The molecule has 1 aromatic carbocycles. The number of amides is 5. The molecule has 0 aromatic heterocycles. The minimum Gasteiger partial charge on any atom is -0.322 e. The van der Waals surface area contributed by atoms with E-state index in [0.717, 1.165) is 23.4 Å². The van der Waals surface area contributed by atoms with Gasteiger partial charge in [0.05, 0.1) is 0 Å². The van der Waals surface area contributed by atoms with E-state index in [2.05, 4.69) is 23.0 Å². The van der Waals surface area contributed by atoms with E-state index in [0.29, 0.717) is 24.4 Å². The number of anilines is 1. The Morgan fingerprint density at radius 3 is 2.46 bits per heavy atom. The summed E-state index contributed by atoms with van der Waals surface area (Å²) in [5.74, 6) is 0.172. The second-order valence-electron chi connectivity index (χ2n) is 6.77. The van der Waals surface area contributed by atoms with Gasteiger partial charge in [0.15, 0.2) is 0 Å². The molecule has 1 heterocycles. The van der Waals surface area contributed by atoms with Gasteiger partial charge in [-0.2, -0.15) is 5.01 Å². The number of urea groups is 2. The van der Waals surface area contributed by atoms with Crippen LogP contribution in [0.4, 0.5) is 15.3 Å². The number of nitrogens with zero attached hydrogens (tertiary/aromatic N) is 1. The monoisotopic (exact) mass is 330 g/mol. The van der Waals surface area contributed by atoms with Crippen LogP contribution in [0.5, 0.6) is 0 Å². The number of imide groups is 1. The maximum Gasteiger partial charge on any atom is 0.344 e. The molecule has 1 aliphatic heterocycles. The van der Waals surface area contributed by atoms with Gasteiger partial charge >= 0.3 is 12.1 Å². The predicted molar refractivity (Wildman–Crippen MR) is 89.1 cm³/mol. The highest BCUT2D eigenvalue weighted by Crippen LogP contribution is 2.35. The van der Waals surface area contributed by atoms with E-state index in [1.165, 1.54) is 0 Å². The number of hydrogen-bond donors (Lipinski definition) is 3. The van der Waals surface area contributed by atoms with E-state index in [1.54, 1.807) is 12.1 Å². The molecule has 7 heteroatoms. The SMILES string of the molecule is Cc1ccc(NC(=O)NN2C(=O)NC3(CCC(C)CC3)C2=O)cc1. The molecular weight excluding hydrogens is 308 g/mol. The highest BCUT2D eigenvalue weighted by atomic mass is 16.2. The van der Waals surface area contributed by atoms with Crippen molar-refractivity contribution in [3.8, 4) is 0 Å². The quantitative estimate of drug-likeness (QED) is 0.728. The fraction of sp³-hybridized carbons (Fsp3) is 0.471. The lowest BCUT2D eigenvalue weighted by Gasteiger charge is -2.33. The molecule has 2 fully saturated rings. The minimum absolute atomic E-state index is 0.376. The Kier molecular flexibility index (Phi) is 4.17. The van der Waals surface area contributed by atoms with Gasteiger partial charge in [0.1, 0.15) is 5.54 Å². The molecule has 7 nitrogen and oxygen atoms in total. The Morgan fingerprint density at radius 2 is 1.83 bits per heavy atom. The molecule has 1 spiro atoms. The molecule has 0 atom stereocenters. The summed E-state index contributed by atoms with van der Waals surface area (Å²) >= 11 is 0. The summed E-state index contributed by atoms with van der Waals surface area (Å²) in [6.07, 6.45) is 2.98. The lowest BCUT2D eigenvalue weighted by molar-refractivity contribution is -0.134. The van der Waals surface area contributed by atoms with Crippen LogP contribution in [-0.2, 0) is 4.79 Å². The average Bonchev–Trinajstić information content (AvgIpc) is 2.77. The van der Waals surface area contributed by atoms with E-state index in [1.807, 2.05) is 19.1 Å². The van der Waals surface area contributed by atoms with Crippen molar-refractivity contribution in [2.45, 2.75) is 45.1 Å². The van der Waals surface area contributed by atoms with E-state index >= 15 is 0 Å². The van der Waals surface area contributed by atoms with Crippen molar-refractivity contribution in [3.05, 3.63) is 29.8 Å². The summed E-state index contributed by atoms with van der Waals surface area (Å²) in [6.45, 7) is 4.08. The molecule has 0 radical (unpaired) electrons. The molecule has 1 saturated carbocycles. The second-order valence-corrected chi connectivity index (χ2v) is 6.77. The molecule has 5 amide bonds. The van der Waals surface area contributed by atoms with Crippen LogP contribution in [0, 0.1) is 12.8 Å². The number of aryl methyl sites for hydroxylation is 1. The second kappa shape index (κ2) is 6.14. The normalized spacial score (nSPS) is 26.4. The van der Waals surface area contributed by atoms with E-state index in [-0.39, 0.29) is 5.91 Å². The van der Waals surface area contributed by atoms with Crippen molar-refractivity contribution in [3.63, 3.8) is 0 Å². The Morgan fingerprint density at radius 1 is 1.21 bits per heavy atom. The lowest BCUT2D eigenvalue weighted by atomic mass is 9.77. The van der Waals surface area contributed by atoms with Crippen molar-refractivity contribution >= 4 is 23.7 Å². The maximum absolute atomic E-state index is 12.6. The zero-order chi connectivity index (χ0) is 17.3. The average molecular weight is 330 g/mol. The molecule has 1 aliphatic carbocycles. The van der Waals surface area contributed by atoms with Crippen LogP contribution in [0.1, 0.15) is 38.2 Å². The molecule has 24 heavy (non-hydrogen) atoms. The first-order chi connectivity index (χ1) is 11.4. The summed E-state index contributed by atoms with van der Waals surface area (Å²) in [4.78, 5) is 36.8. The molecule has 1 aromatic rings. The smallest absolute Gasteiger partial charge is 0.322 e. The molecule has 128 valence electrons. The highest BCUT2D eigenvalue weighted by molar-refractivity contribution is 6.08. The number of hydrazine groups is 1. The summed E-state index contributed by atoms with van der Waals surface area (Å²) in [6, 6.07) is 6.04. The molecule has 0 bridgehead atoms. The number of rotatable bonds is 2. The van der Waals surface area contributed by atoms with Crippen LogP contribution < -0.4 is 16.1 Å². The minimum atomic E-state index is -0.860. The first-order valence-corrected chi connectivity index (χ1v) is 8.21. The number of carbonyl (C=O) groups is 3. The van der Waals surface area contributed by atoms with Gasteiger partial charge < -0.3 is 10.6 Å². The highest BCUT2D eigenvalue weighted by Gasteiger charge is 2.52. The third-order valence-electron chi connectivity index (χ3n) is 4.81. The van der Waals surface area contributed by atoms with Crippen LogP contribution >= 0.6 is 0 Å². The van der Waals surface area contributed by atoms with Crippen LogP contribution in [0.3, 0.4) is 0 Å². The lowest BCUT2D eigenvalue weighted by Crippen LogP contribution is -2.52. The first kappa shape index (κ1) is 16.3. The van der Waals surface area contributed by atoms with Crippen LogP contribution in [0.25, 0.3) is 0 Å². The van der Waals surface area contributed by atoms with Gasteiger partial charge in [-0.1, -0.05) is 24.6 Å². The molecule has 1 saturated heterocycles. The molecule has 3 rings (SSSR count). The zero-order valence-electron chi connectivity index (χ0n) is 13.9. The van der Waals surface area contributed by atoms with Crippen molar-refractivity contribution in [2.24, 2.45) is 5.92 Å². The fourth-order valence-corrected chi connectivity index (χ4v) is 3.21. The number of nitrogens with one attached hydrogen (secondary N) is 3. The third kappa shape index (κ3) is 3.06. The van der Waals surface area contributed by atoms with E-state index in [9.17, 15) is 14.4 Å². The van der Waals surface area contributed by atoms with Crippen molar-refractivity contribution in [1.29, 1.82) is 0 Å². The summed E-state index contributed by atoms with van der Waals surface area (Å²) in [7, 11) is 0. The fourth-order valence-electron chi connectivity index (χ4n) is 3.21. The van der Waals surface area contributed by atoms with E-state index < -0.39 is 17.6 Å². The summed E-state index contributed by atoms with van der Waals surface area (Å²) in [5.41, 5.74) is 3.15. The van der Waals surface area contributed by atoms with Gasteiger partial charge in [-0.25, -0.2) is 15.0 Å². The van der Waals surface area contributed by atoms with E-state index in [4.69, 9.17) is 0 Å². The topological polar surface area (TPSA) is 90.5 Å². The molecule has 2 aliphatic rings. The molecule has 3 N–H and O–H groups in total. The van der Waals surface area contributed by atoms with Gasteiger partial charge in [0, 0.05) is 5.69 Å². The number of hydrogen-bond acceptors (Lipinski definition) is 3. The van der Waals surface area contributed by atoms with Gasteiger partial charge in [-0.15, -0.1) is 0 Å². The standard InChI is InChI=1S/C17H22N4O3/c1-11-3-5-13(6-4-11)18-15(23)20-21-14(22)17(19-16(21)24)9-7-12(2)8-10-17/h3-6,12H,7-10H2,1-2H3,(H,19,24)(H2,18,20,23). The summed E-state index contributed by atoms with van der Waals surface area (Å²) < 4.78 is 0. The van der Waals surface area contributed by atoms with Crippen LogP contribution in [0.15, 0.2) is 24.3 Å². The Bertz CT molecular complexity index is 663. The maximum atomic E-state index is 12.6. The first-order valence-electron chi connectivity index (χ1n) is 8.21. The largest absolute Gasteiger partial charge is 0.344 e. The van der Waals surface area contributed by atoms with Crippen LogP contribution in [-0.4, -0.2) is 28.5 Å². The van der Waals surface area contributed by atoms with Crippen molar-refractivity contribution in [1.82, 2.24) is 15.8 Å². The number of benzene rings is 1. The summed E-state index contributed by atoms with van der Waals surface area (Å²) in [5, 5.41) is 6.16. The Hall–Kier alpha value is -2.57. The molecular formula is C17H22N4O3. The van der Waals surface area contributed by atoms with Crippen molar-refractivity contribution in [2.75, 3.05) is 5.32 Å². The van der Waals surface area contributed by atoms with Gasteiger partial charge in [0.2, 0.25) is 0 Å². The van der Waals surface area contributed by atoms with Gasteiger partial charge in [0.25, 0.3) is 5.91 Å². The Labute approximate surface area is 140 Å². The van der Waals surface area contributed by atoms with Crippen LogP contribution in [0.2, 0.25) is 0 Å². The zero-order valence-corrected chi connectivity index (χ0v) is 13.9. The van der Waals surface area contributed by atoms with Gasteiger partial charge in [-0.05, 0) is 50.7 Å². The Balaban J connectivity index is 1.64. The predicted octanol–water partition coefficient (Wildman–Crippen LogP) is 2.53. The third-order valence-corrected chi connectivity index (χ3v) is 4.81. The molecule has 0 unspecified atom stereocenters.